The average molecular weight is 394 g/mol. The number of amides is 1. The van der Waals surface area contributed by atoms with Gasteiger partial charge in [-0.2, -0.15) is 0 Å². The second-order valence-electron chi connectivity index (χ2n) is 4.89. The lowest BCUT2D eigenvalue weighted by atomic mass is 10.1. The summed E-state index contributed by atoms with van der Waals surface area (Å²) in [7, 11) is 3.12. The molecule has 1 N–H and O–H groups in total. The van der Waals surface area contributed by atoms with Crippen molar-refractivity contribution >= 4 is 27.9 Å². The summed E-state index contributed by atoms with van der Waals surface area (Å²) in [6.45, 7) is 0.219. The van der Waals surface area contributed by atoms with E-state index in [2.05, 4.69) is 21.2 Å². The number of hydrogen-bond acceptors (Lipinski definition) is 3. The zero-order chi connectivity index (χ0) is 17.5. The van der Waals surface area contributed by atoms with Crippen molar-refractivity contribution in [2.24, 2.45) is 0 Å². The van der Waals surface area contributed by atoms with Crippen LogP contribution in [-0.4, -0.2) is 20.1 Å². The summed E-state index contributed by atoms with van der Waals surface area (Å²) >= 11 is 3.32. The fraction of sp³-hybridized carbons (Fsp3) is 0.167. The van der Waals surface area contributed by atoms with Gasteiger partial charge in [-0.25, -0.2) is 4.39 Å². The summed E-state index contributed by atoms with van der Waals surface area (Å²) in [6.07, 6.45) is 3.03. The molecule has 6 heteroatoms. The number of halogens is 2. The molecule has 0 aliphatic carbocycles. The first-order valence-corrected chi connectivity index (χ1v) is 7.94. The predicted octanol–water partition coefficient (Wildman–Crippen LogP) is 3.94. The minimum Gasteiger partial charge on any atom is -0.497 e. The molecule has 4 nitrogen and oxygen atoms in total. The summed E-state index contributed by atoms with van der Waals surface area (Å²) < 4.78 is 24.4. The maximum Gasteiger partial charge on any atom is 0.244 e. The quantitative estimate of drug-likeness (QED) is 0.756. The molecule has 2 aromatic carbocycles. The van der Waals surface area contributed by atoms with Crippen LogP contribution in [0.1, 0.15) is 11.1 Å². The molecule has 0 atom stereocenters. The summed E-state index contributed by atoms with van der Waals surface area (Å²) in [5.41, 5.74) is 1.38. The maximum atomic E-state index is 13.2. The van der Waals surface area contributed by atoms with Crippen molar-refractivity contribution in [1.82, 2.24) is 5.32 Å². The van der Waals surface area contributed by atoms with Crippen molar-refractivity contribution in [3.63, 3.8) is 0 Å². The average Bonchev–Trinajstić information content (AvgIpc) is 2.60. The Labute approximate surface area is 148 Å². The van der Waals surface area contributed by atoms with Gasteiger partial charge in [0.1, 0.15) is 17.3 Å². The molecular formula is C18H17BrFNO3. The van der Waals surface area contributed by atoms with Crippen LogP contribution >= 0.6 is 15.9 Å². The normalized spacial score (nSPS) is 10.7. The number of carbonyl (C=O) groups is 1. The first-order valence-electron chi connectivity index (χ1n) is 7.15. The summed E-state index contributed by atoms with van der Waals surface area (Å²) in [5.74, 6) is 0.655. The number of carbonyl (C=O) groups excluding carboxylic acids is 1. The van der Waals surface area contributed by atoms with E-state index >= 15 is 0 Å². The molecule has 0 aliphatic rings. The van der Waals surface area contributed by atoms with E-state index in [-0.39, 0.29) is 18.3 Å². The molecule has 0 aromatic heterocycles. The molecule has 24 heavy (non-hydrogen) atoms. The Morgan fingerprint density at radius 2 is 2.00 bits per heavy atom. The van der Waals surface area contributed by atoms with Gasteiger partial charge >= 0.3 is 0 Å². The SMILES string of the molecule is COc1ccc(OC)c(/C=C/C(=O)NCc2cc(F)ccc2Br)c1. The summed E-state index contributed by atoms with van der Waals surface area (Å²) in [6, 6.07) is 9.64. The molecule has 0 aliphatic heterocycles. The highest BCUT2D eigenvalue weighted by atomic mass is 79.9. The Morgan fingerprint density at radius 3 is 2.71 bits per heavy atom. The lowest BCUT2D eigenvalue weighted by Crippen LogP contribution is -2.20. The van der Waals surface area contributed by atoms with Gasteiger partial charge in [-0.1, -0.05) is 15.9 Å². The van der Waals surface area contributed by atoms with E-state index in [1.54, 1.807) is 44.6 Å². The van der Waals surface area contributed by atoms with Gasteiger partial charge in [0.2, 0.25) is 5.91 Å². The van der Waals surface area contributed by atoms with E-state index in [1.807, 2.05) is 0 Å². The van der Waals surface area contributed by atoms with Crippen molar-refractivity contribution in [1.29, 1.82) is 0 Å². The van der Waals surface area contributed by atoms with Crippen molar-refractivity contribution in [3.05, 3.63) is 63.9 Å². The molecule has 0 saturated heterocycles. The van der Waals surface area contributed by atoms with Crippen LogP contribution in [0.3, 0.4) is 0 Å². The first-order chi connectivity index (χ1) is 11.5. The van der Waals surface area contributed by atoms with E-state index < -0.39 is 0 Å². The molecule has 2 rings (SSSR count). The third-order valence-electron chi connectivity index (χ3n) is 3.31. The lowest BCUT2D eigenvalue weighted by molar-refractivity contribution is -0.116. The number of rotatable bonds is 6. The number of benzene rings is 2. The van der Waals surface area contributed by atoms with E-state index in [4.69, 9.17) is 9.47 Å². The van der Waals surface area contributed by atoms with Gasteiger partial charge in [0.25, 0.3) is 0 Å². The van der Waals surface area contributed by atoms with E-state index in [9.17, 15) is 9.18 Å². The predicted molar refractivity (Wildman–Crippen MR) is 94.5 cm³/mol. The Hall–Kier alpha value is -2.34. The molecule has 0 unspecified atom stereocenters. The maximum absolute atomic E-state index is 13.2. The molecule has 0 spiro atoms. The van der Waals surface area contributed by atoms with E-state index in [0.29, 0.717) is 17.1 Å². The van der Waals surface area contributed by atoms with Crippen LogP contribution in [0.15, 0.2) is 46.9 Å². The fourth-order valence-corrected chi connectivity index (χ4v) is 2.44. The van der Waals surface area contributed by atoms with Crippen molar-refractivity contribution in [2.45, 2.75) is 6.54 Å². The van der Waals surface area contributed by atoms with Gasteiger partial charge in [0.15, 0.2) is 0 Å². The van der Waals surface area contributed by atoms with E-state index in [1.165, 1.54) is 18.2 Å². The molecule has 0 heterocycles. The molecule has 126 valence electrons. The minimum absolute atomic E-state index is 0.219. The highest BCUT2D eigenvalue weighted by molar-refractivity contribution is 9.10. The monoisotopic (exact) mass is 393 g/mol. The molecule has 0 radical (unpaired) electrons. The van der Waals surface area contributed by atoms with Gasteiger partial charge in [-0.15, -0.1) is 0 Å². The zero-order valence-electron chi connectivity index (χ0n) is 13.3. The van der Waals surface area contributed by atoms with Crippen molar-refractivity contribution in [2.75, 3.05) is 14.2 Å². The summed E-state index contributed by atoms with van der Waals surface area (Å²) in [4.78, 5) is 12.0. The number of methoxy groups -OCH3 is 2. The zero-order valence-corrected chi connectivity index (χ0v) is 14.9. The molecule has 1 amide bonds. The highest BCUT2D eigenvalue weighted by Gasteiger charge is 2.05. The van der Waals surface area contributed by atoms with Gasteiger partial charge in [-0.05, 0) is 48.0 Å². The van der Waals surface area contributed by atoms with Gasteiger partial charge in [0, 0.05) is 22.7 Å². The van der Waals surface area contributed by atoms with Crippen LogP contribution in [0.4, 0.5) is 4.39 Å². The summed E-state index contributed by atoms with van der Waals surface area (Å²) in [5, 5.41) is 2.71. The Kier molecular flexibility index (Phi) is 6.37. The van der Waals surface area contributed by atoms with Crippen LogP contribution in [0.5, 0.6) is 11.5 Å². The first kappa shape index (κ1) is 18.0. The largest absolute Gasteiger partial charge is 0.497 e. The standard InChI is InChI=1S/C18H17BrFNO3/c1-23-15-5-7-17(24-2)12(10-15)3-8-18(22)21-11-13-9-14(20)4-6-16(13)19/h3-10H,11H2,1-2H3,(H,21,22)/b8-3+. The van der Waals surface area contributed by atoms with Crippen molar-refractivity contribution < 1.29 is 18.7 Å². The highest BCUT2D eigenvalue weighted by Crippen LogP contribution is 2.25. The molecule has 0 fully saturated rings. The Morgan fingerprint density at radius 1 is 1.21 bits per heavy atom. The van der Waals surface area contributed by atoms with Crippen LogP contribution in [-0.2, 0) is 11.3 Å². The third kappa shape index (κ3) is 4.83. The van der Waals surface area contributed by atoms with Crippen LogP contribution in [0, 0.1) is 5.82 Å². The van der Waals surface area contributed by atoms with Crippen LogP contribution < -0.4 is 14.8 Å². The van der Waals surface area contributed by atoms with Gasteiger partial charge in [-0.3, -0.25) is 4.79 Å². The Balaban J connectivity index is 2.04. The minimum atomic E-state index is -0.348. The molecule has 0 bridgehead atoms. The number of nitrogens with one attached hydrogen (secondary N) is 1. The topological polar surface area (TPSA) is 47.6 Å². The van der Waals surface area contributed by atoms with Gasteiger partial charge in [0.05, 0.1) is 14.2 Å². The fourth-order valence-electron chi connectivity index (χ4n) is 2.06. The second kappa shape index (κ2) is 8.49. The number of hydrogen-bond donors (Lipinski definition) is 1. The molecule has 0 saturated carbocycles. The molecule has 2 aromatic rings. The van der Waals surface area contributed by atoms with Crippen LogP contribution in [0.2, 0.25) is 0 Å². The van der Waals surface area contributed by atoms with Crippen LogP contribution in [0.25, 0.3) is 6.08 Å². The van der Waals surface area contributed by atoms with E-state index in [0.717, 1.165) is 10.0 Å². The second-order valence-corrected chi connectivity index (χ2v) is 5.75. The lowest BCUT2D eigenvalue weighted by Gasteiger charge is -2.07. The smallest absolute Gasteiger partial charge is 0.244 e. The number of ether oxygens (including phenoxy) is 2. The van der Waals surface area contributed by atoms with Gasteiger partial charge < -0.3 is 14.8 Å². The van der Waals surface area contributed by atoms with Crippen molar-refractivity contribution in [3.8, 4) is 11.5 Å². The third-order valence-corrected chi connectivity index (χ3v) is 4.09. The Bertz CT molecular complexity index is 762. The molecular weight excluding hydrogens is 377 g/mol.